The van der Waals surface area contributed by atoms with Gasteiger partial charge in [-0.3, -0.25) is 0 Å². The molecule has 0 heterocycles. The van der Waals surface area contributed by atoms with Gasteiger partial charge in [-0.15, -0.1) is 33.2 Å². The van der Waals surface area contributed by atoms with Crippen LogP contribution in [0.4, 0.5) is 4.39 Å². The molecule has 0 amide bonds. The first-order valence-corrected chi connectivity index (χ1v) is 18.4. The standard InChI is InChI=1S/C25H50Cl3FSi/c1-2-3-4-5-6-7-8-9-10-11-13-16-19-22-25(29)23-20-17-14-12-15-18-21-24-30(26,27)28/h25H,2-24H2,1H3. The fraction of sp³-hybridized carbons (Fsp3) is 1.00. The zero-order valence-corrected chi connectivity index (χ0v) is 23.1. The summed E-state index contributed by atoms with van der Waals surface area (Å²) >= 11 is 17.6. The van der Waals surface area contributed by atoms with E-state index in [0.29, 0.717) is 0 Å². The summed E-state index contributed by atoms with van der Waals surface area (Å²) in [5, 5.41) is 0. The highest BCUT2D eigenvalue weighted by Gasteiger charge is 2.23. The van der Waals surface area contributed by atoms with Crippen molar-refractivity contribution in [3.05, 3.63) is 0 Å². The summed E-state index contributed by atoms with van der Waals surface area (Å²) in [4.78, 5) is 0. The molecule has 0 bridgehead atoms. The molecular weight excluding hydrogens is 454 g/mol. The Hall–Kier alpha value is 1.02. The molecule has 0 aromatic rings. The van der Waals surface area contributed by atoms with E-state index in [4.69, 9.17) is 33.2 Å². The molecule has 0 rings (SSSR count). The van der Waals surface area contributed by atoms with E-state index in [2.05, 4.69) is 6.92 Å². The van der Waals surface area contributed by atoms with Gasteiger partial charge in [0.2, 0.25) is 0 Å². The minimum atomic E-state index is -2.41. The summed E-state index contributed by atoms with van der Waals surface area (Å²) in [6, 6.07) is -1.63. The van der Waals surface area contributed by atoms with E-state index in [1.54, 1.807) is 0 Å². The Morgan fingerprint density at radius 2 is 0.800 bits per heavy atom. The highest BCUT2D eigenvalue weighted by atomic mass is 35.8. The zero-order valence-electron chi connectivity index (χ0n) is 19.9. The number of alkyl halides is 1. The average molecular weight is 504 g/mol. The molecule has 1 unspecified atom stereocenters. The van der Waals surface area contributed by atoms with E-state index < -0.39 is 12.2 Å². The van der Waals surface area contributed by atoms with Gasteiger partial charge >= 0.3 is 6.00 Å². The van der Waals surface area contributed by atoms with Gasteiger partial charge in [-0.1, -0.05) is 135 Å². The number of halogens is 4. The van der Waals surface area contributed by atoms with Gasteiger partial charge in [0.25, 0.3) is 0 Å². The van der Waals surface area contributed by atoms with Gasteiger partial charge in [-0.2, -0.15) is 0 Å². The summed E-state index contributed by atoms with van der Waals surface area (Å²) in [6.07, 6.45) is 26.6. The Balaban J connectivity index is 3.18. The van der Waals surface area contributed by atoms with E-state index in [9.17, 15) is 4.39 Å². The van der Waals surface area contributed by atoms with Crippen LogP contribution in [0.3, 0.4) is 0 Å². The molecule has 0 aliphatic rings. The molecular formula is C25H50Cl3FSi. The van der Waals surface area contributed by atoms with Crippen LogP contribution >= 0.6 is 33.2 Å². The summed E-state index contributed by atoms with van der Waals surface area (Å²) < 4.78 is 14.0. The van der Waals surface area contributed by atoms with E-state index in [1.807, 2.05) is 0 Å². The van der Waals surface area contributed by atoms with Crippen molar-refractivity contribution >= 4 is 39.2 Å². The third-order valence-electron chi connectivity index (χ3n) is 6.10. The molecule has 0 aromatic heterocycles. The van der Waals surface area contributed by atoms with Crippen molar-refractivity contribution in [1.29, 1.82) is 0 Å². The monoisotopic (exact) mass is 502 g/mol. The highest BCUT2D eigenvalue weighted by Crippen LogP contribution is 2.27. The Bertz CT molecular complexity index is 337. The predicted molar refractivity (Wildman–Crippen MR) is 140 cm³/mol. The third kappa shape index (κ3) is 27.1. The molecule has 0 aliphatic heterocycles. The first kappa shape index (κ1) is 31.0. The lowest BCUT2D eigenvalue weighted by molar-refractivity contribution is 0.279. The molecule has 0 fully saturated rings. The van der Waals surface area contributed by atoms with E-state index in [0.717, 1.165) is 51.0 Å². The van der Waals surface area contributed by atoms with Crippen molar-refractivity contribution < 1.29 is 4.39 Å². The SMILES string of the molecule is CCCCCCCCCCCCCCCC(F)CCCCCCCCC[Si](Cl)(Cl)Cl. The van der Waals surface area contributed by atoms with Gasteiger partial charge in [-0.25, -0.2) is 4.39 Å². The maximum Gasteiger partial charge on any atom is 0.341 e. The molecule has 1 atom stereocenters. The number of unbranched alkanes of at least 4 members (excludes halogenated alkanes) is 18. The molecule has 0 spiro atoms. The first-order valence-electron chi connectivity index (χ1n) is 13.2. The highest BCUT2D eigenvalue weighted by molar-refractivity contribution is 7.64. The third-order valence-corrected chi connectivity index (χ3v) is 8.72. The maximum atomic E-state index is 14.0. The molecule has 30 heavy (non-hydrogen) atoms. The van der Waals surface area contributed by atoms with E-state index >= 15 is 0 Å². The molecule has 0 saturated heterocycles. The Kier molecular flexibility index (Phi) is 24.0. The fourth-order valence-electron chi connectivity index (χ4n) is 4.10. The van der Waals surface area contributed by atoms with Crippen LogP contribution in [0.15, 0.2) is 0 Å². The number of hydrogen-bond acceptors (Lipinski definition) is 0. The van der Waals surface area contributed by atoms with Crippen LogP contribution in [0, 0.1) is 0 Å². The molecule has 0 saturated carbocycles. The minimum absolute atomic E-state index is 0.577. The number of hydrogen-bond donors (Lipinski definition) is 0. The largest absolute Gasteiger partial charge is 0.341 e. The van der Waals surface area contributed by atoms with E-state index in [-0.39, 0.29) is 0 Å². The summed E-state index contributed by atoms with van der Waals surface area (Å²) in [6.45, 7) is 2.28. The lowest BCUT2D eigenvalue weighted by Crippen LogP contribution is -2.07. The quantitative estimate of drug-likeness (QED) is 0.0697. The van der Waals surface area contributed by atoms with Crippen molar-refractivity contribution in [3.8, 4) is 0 Å². The number of rotatable bonds is 24. The second kappa shape index (κ2) is 23.2. The van der Waals surface area contributed by atoms with Crippen molar-refractivity contribution in [2.45, 2.75) is 160 Å². The normalized spacial score (nSPS) is 13.1. The second-order valence-electron chi connectivity index (χ2n) is 9.26. The lowest BCUT2D eigenvalue weighted by Gasteiger charge is -2.09. The molecule has 5 heteroatoms. The van der Waals surface area contributed by atoms with Gasteiger partial charge < -0.3 is 0 Å². The Labute approximate surface area is 203 Å². The van der Waals surface area contributed by atoms with Crippen molar-refractivity contribution in [2.24, 2.45) is 0 Å². The smallest absolute Gasteiger partial charge is 0.247 e. The van der Waals surface area contributed by atoms with Crippen molar-refractivity contribution in [3.63, 3.8) is 0 Å². The zero-order chi connectivity index (χ0) is 22.3. The van der Waals surface area contributed by atoms with Crippen LogP contribution in [-0.2, 0) is 0 Å². The average Bonchev–Trinajstić information content (AvgIpc) is 2.69. The summed E-state index contributed by atoms with van der Waals surface area (Å²) in [5.41, 5.74) is 0. The molecule has 0 nitrogen and oxygen atoms in total. The summed E-state index contributed by atoms with van der Waals surface area (Å²) in [5.74, 6) is 0. The summed E-state index contributed by atoms with van der Waals surface area (Å²) in [7, 11) is 0. The molecule has 0 N–H and O–H groups in total. The van der Waals surface area contributed by atoms with Crippen molar-refractivity contribution in [1.82, 2.24) is 0 Å². The molecule has 0 aliphatic carbocycles. The van der Waals surface area contributed by atoms with Crippen LogP contribution in [0.25, 0.3) is 0 Å². The first-order chi connectivity index (χ1) is 14.5. The Morgan fingerprint density at radius 3 is 1.13 bits per heavy atom. The topological polar surface area (TPSA) is 0 Å². The second-order valence-corrected chi connectivity index (χ2v) is 18.5. The maximum absolute atomic E-state index is 14.0. The lowest BCUT2D eigenvalue weighted by atomic mass is 10.0. The van der Waals surface area contributed by atoms with Gasteiger partial charge in [0, 0.05) is 0 Å². The van der Waals surface area contributed by atoms with Gasteiger partial charge in [0.1, 0.15) is 6.17 Å². The Morgan fingerprint density at radius 1 is 0.500 bits per heavy atom. The van der Waals surface area contributed by atoms with Crippen LogP contribution < -0.4 is 0 Å². The van der Waals surface area contributed by atoms with Gasteiger partial charge in [0.15, 0.2) is 0 Å². The van der Waals surface area contributed by atoms with Crippen LogP contribution in [-0.4, -0.2) is 12.2 Å². The van der Waals surface area contributed by atoms with Gasteiger partial charge in [0.05, 0.1) is 0 Å². The van der Waals surface area contributed by atoms with Gasteiger partial charge in [-0.05, 0) is 18.9 Å². The molecule has 0 aromatic carbocycles. The predicted octanol–water partition coefficient (Wildman–Crippen LogP) is 11.6. The van der Waals surface area contributed by atoms with E-state index in [1.165, 1.54) is 96.3 Å². The van der Waals surface area contributed by atoms with Crippen LogP contribution in [0.2, 0.25) is 6.04 Å². The van der Waals surface area contributed by atoms with Crippen molar-refractivity contribution in [2.75, 3.05) is 0 Å². The molecule has 0 radical (unpaired) electrons. The fourth-order valence-corrected chi connectivity index (χ4v) is 5.96. The van der Waals surface area contributed by atoms with Crippen LogP contribution in [0.5, 0.6) is 0 Å². The molecule has 182 valence electrons. The van der Waals surface area contributed by atoms with Crippen LogP contribution in [0.1, 0.15) is 148 Å². The minimum Gasteiger partial charge on any atom is -0.247 e.